The minimum Gasteiger partial charge on any atom is -0.0776 e. The zero-order valence-electron chi connectivity index (χ0n) is 16.0. The highest BCUT2D eigenvalue weighted by Gasteiger charge is 2.28. The Morgan fingerprint density at radius 2 is 1.58 bits per heavy atom. The van der Waals surface area contributed by atoms with E-state index >= 15 is 0 Å². The molecule has 26 heavy (non-hydrogen) atoms. The SMILES string of the molecule is CCCCCCc1ccc2c(c1)C(CCC1C=CC=C1)c1ccccc1-2. The van der Waals surface area contributed by atoms with Gasteiger partial charge in [-0.25, -0.2) is 0 Å². The first-order chi connectivity index (χ1) is 12.9. The first-order valence-electron chi connectivity index (χ1n) is 10.4. The molecule has 0 spiro atoms. The average Bonchev–Trinajstić information content (AvgIpc) is 3.29. The van der Waals surface area contributed by atoms with Crippen LogP contribution >= 0.6 is 0 Å². The van der Waals surface area contributed by atoms with Crippen LogP contribution in [-0.4, -0.2) is 0 Å². The molecule has 2 aromatic rings. The molecule has 0 aliphatic heterocycles. The van der Waals surface area contributed by atoms with E-state index in [0.717, 1.165) is 0 Å². The monoisotopic (exact) mass is 342 g/mol. The normalized spacial score (nSPS) is 17.7. The highest BCUT2D eigenvalue weighted by Crippen LogP contribution is 2.47. The van der Waals surface area contributed by atoms with Crippen LogP contribution in [0.5, 0.6) is 0 Å². The second-order valence-corrected chi connectivity index (χ2v) is 7.88. The molecule has 4 rings (SSSR count). The van der Waals surface area contributed by atoms with E-state index in [1.54, 1.807) is 5.56 Å². The predicted octanol–water partition coefficient (Wildman–Crippen LogP) is 7.44. The number of hydrogen-bond donors (Lipinski definition) is 0. The maximum absolute atomic E-state index is 2.52. The molecule has 0 bridgehead atoms. The topological polar surface area (TPSA) is 0 Å². The van der Waals surface area contributed by atoms with Gasteiger partial charge in [0.25, 0.3) is 0 Å². The lowest BCUT2D eigenvalue weighted by molar-refractivity contribution is 0.614. The summed E-state index contributed by atoms with van der Waals surface area (Å²) in [6.45, 7) is 2.28. The van der Waals surface area contributed by atoms with E-state index in [4.69, 9.17) is 0 Å². The maximum Gasteiger partial charge on any atom is 0.0102 e. The minimum absolute atomic E-state index is 0.569. The van der Waals surface area contributed by atoms with Crippen molar-refractivity contribution >= 4 is 0 Å². The van der Waals surface area contributed by atoms with Crippen molar-refractivity contribution in [3.05, 3.63) is 83.5 Å². The fourth-order valence-corrected chi connectivity index (χ4v) is 4.61. The van der Waals surface area contributed by atoms with Gasteiger partial charge in [-0.05, 0) is 59.4 Å². The molecule has 0 saturated carbocycles. The fourth-order valence-electron chi connectivity index (χ4n) is 4.61. The third-order valence-corrected chi connectivity index (χ3v) is 6.05. The molecule has 0 heterocycles. The molecular weight excluding hydrogens is 312 g/mol. The molecule has 0 heteroatoms. The van der Waals surface area contributed by atoms with Crippen LogP contribution in [0.2, 0.25) is 0 Å². The largest absolute Gasteiger partial charge is 0.0776 e. The van der Waals surface area contributed by atoms with E-state index in [1.165, 1.54) is 67.2 Å². The summed E-state index contributed by atoms with van der Waals surface area (Å²) >= 11 is 0. The van der Waals surface area contributed by atoms with Gasteiger partial charge in [-0.15, -0.1) is 0 Å². The third-order valence-electron chi connectivity index (χ3n) is 6.05. The summed E-state index contributed by atoms with van der Waals surface area (Å²) in [7, 11) is 0. The summed E-state index contributed by atoms with van der Waals surface area (Å²) in [5, 5.41) is 0. The fraction of sp³-hybridized carbons (Fsp3) is 0.385. The molecule has 1 atom stereocenters. The number of benzene rings is 2. The van der Waals surface area contributed by atoms with Gasteiger partial charge < -0.3 is 0 Å². The van der Waals surface area contributed by atoms with Crippen molar-refractivity contribution in [2.45, 2.75) is 57.8 Å². The zero-order chi connectivity index (χ0) is 17.8. The molecule has 0 radical (unpaired) electrons. The molecule has 0 fully saturated rings. The lowest BCUT2D eigenvalue weighted by Crippen LogP contribution is -2.01. The van der Waals surface area contributed by atoms with Crippen LogP contribution in [0, 0.1) is 5.92 Å². The number of unbranched alkanes of at least 4 members (excludes halogenated alkanes) is 3. The zero-order valence-corrected chi connectivity index (χ0v) is 16.0. The minimum atomic E-state index is 0.569. The molecular formula is C26H30. The van der Waals surface area contributed by atoms with Gasteiger partial charge in [0.1, 0.15) is 0 Å². The highest BCUT2D eigenvalue weighted by molar-refractivity contribution is 5.79. The van der Waals surface area contributed by atoms with Crippen molar-refractivity contribution in [3.8, 4) is 11.1 Å². The molecule has 134 valence electrons. The standard InChI is InChI=1S/C26H30/c1-2-3-4-5-12-21-16-18-25-23-14-9-8-13-22(23)24(26(25)19-21)17-15-20-10-6-7-11-20/h6-11,13-14,16,18-20,24H,2-5,12,15,17H2,1H3. The summed E-state index contributed by atoms with van der Waals surface area (Å²) in [4.78, 5) is 0. The Bertz CT molecular complexity index is 797. The van der Waals surface area contributed by atoms with E-state index in [1.807, 2.05) is 0 Å². The van der Waals surface area contributed by atoms with Crippen molar-refractivity contribution in [2.24, 2.45) is 5.92 Å². The average molecular weight is 343 g/mol. The molecule has 1 unspecified atom stereocenters. The Kier molecular flexibility index (Phi) is 5.39. The van der Waals surface area contributed by atoms with Crippen LogP contribution in [0.1, 0.15) is 68.1 Å². The quantitative estimate of drug-likeness (QED) is 0.437. The summed E-state index contributed by atoms with van der Waals surface area (Å²) in [5.41, 5.74) is 7.57. The maximum atomic E-state index is 2.52. The number of allylic oxidation sites excluding steroid dienone is 4. The van der Waals surface area contributed by atoms with Gasteiger partial charge >= 0.3 is 0 Å². The van der Waals surface area contributed by atoms with Crippen molar-refractivity contribution in [2.75, 3.05) is 0 Å². The van der Waals surface area contributed by atoms with Crippen molar-refractivity contribution < 1.29 is 0 Å². The van der Waals surface area contributed by atoms with E-state index in [2.05, 4.69) is 73.7 Å². The first kappa shape index (κ1) is 17.3. The van der Waals surface area contributed by atoms with E-state index in [0.29, 0.717) is 11.8 Å². The van der Waals surface area contributed by atoms with Crippen molar-refractivity contribution in [3.63, 3.8) is 0 Å². The third kappa shape index (κ3) is 3.56. The molecule has 2 aliphatic rings. The molecule has 0 amide bonds. The Morgan fingerprint density at radius 1 is 0.769 bits per heavy atom. The van der Waals surface area contributed by atoms with Gasteiger partial charge in [0.2, 0.25) is 0 Å². The highest BCUT2D eigenvalue weighted by atomic mass is 14.3. The van der Waals surface area contributed by atoms with Crippen LogP contribution in [0.4, 0.5) is 0 Å². The lowest BCUT2D eigenvalue weighted by Gasteiger charge is -2.16. The van der Waals surface area contributed by atoms with Crippen LogP contribution < -0.4 is 0 Å². The van der Waals surface area contributed by atoms with E-state index in [9.17, 15) is 0 Å². The van der Waals surface area contributed by atoms with E-state index in [-0.39, 0.29) is 0 Å². The first-order valence-corrected chi connectivity index (χ1v) is 10.4. The Hall–Kier alpha value is -2.08. The number of aryl methyl sites for hydroxylation is 1. The second-order valence-electron chi connectivity index (χ2n) is 7.88. The summed E-state index contributed by atoms with van der Waals surface area (Å²) in [5.74, 6) is 1.20. The van der Waals surface area contributed by atoms with Crippen molar-refractivity contribution in [1.82, 2.24) is 0 Å². The van der Waals surface area contributed by atoms with Gasteiger partial charge in [0, 0.05) is 5.92 Å². The van der Waals surface area contributed by atoms with Crippen LogP contribution in [0.3, 0.4) is 0 Å². The molecule has 0 aromatic heterocycles. The Balaban J connectivity index is 1.55. The van der Waals surface area contributed by atoms with Crippen LogP contribution in [0.25, 0.3) is 11.1 Å². The lowest BCUT2D eigenvalue weighted by atomic mass is 9.88. The van der Waals surface area contributed by atoms with Crippen molar-refractivity contribution in [1.29, 1.82) is 0 Å². The summed E-state index contributed by atoms with van der Waals surface area (Å²) in [6, 6.07) is 16.3. The number of hydrogen-bond acceptors (Lipinski definition) is 0. The molecule has 0 saturated heterocycles. The molecule has 0 N–H and O–H groups in total. The Morgan fingerprint density at radius 3 is 2.42 bits per heavy atom. The molecule has 2 aromatic carbocycles. The summed E-state index contributed by atoms with van der Waals surface area (Å²) in [6.07, 6.45) is 18.1. The predicted molar refractivity (Wildman–Crippen MR) is 113 cm³/mol. The van der Waals surface area contributed by atoms with Crippen LogP contribution in [0.15, 0.2) is 66.8 Å². The smallest absolute Gasteiger partial charge is 0.0102 e. The van der Waals surface area contributed by atoms with Gasteiger partial charge in [-0.2, -0.15) is 0 Å². The van der Waals surface area contributed by atoms with Gasteiger partial charge in [0.05, 0.1) is 0 Å². The number of fused-ring (bicyclic) bond motifs is 3. The second kappa shape index (κ2) is 8.08. The molecule has 2 aliphatic carbocycles. The van der Waals surface area contributed by atoms with Gasteiger partial charge in [0.15, 0.2) is 0 Å². The van der Waals surface area contributed by atoms with E-state index < -0.39 is 0 Å². The van der Waals surface area contributed by atoms with Crippen LogP contribution in [-0.2, 0) is 6.42 Å². The van der Waals surface area contributed by atoms with Gasteiger partial charge in [-0.3, -0.25) is 0 Å². The van der Waals surface area contributed by atoms with Gasteiger partial charge in [-0.1, -0.05) is 93.0 Å². The Labute approximate surface area is 158 Å². The summed E-state index contributed by atoms with van der Waals surface area (Å²) < 4.78 is 0. The number of rotatable bonds is 8. The molecule has 0 nitrogen and oxygen atoms in total.